The van der Waals surface area contributed by atoms with Crippen molar-refractivity contribution < 1.29 is 9.59 Å². The molecule has 0 aliphatic rings. The lowest BCUT2D eigenvalue weighted by molar-refractivity contribution is -0.119. The lowest BCUT2D eigenvalue weighted by Crippen LogP contribution is -2.25. The Labute approximate surface area is 284 Å². The molecule has 0 radical (unpaired) electrons. The Morgan fingerprint density at radius 1 is 0.467 bits per heavy atom. The monoisotopic (exact) mass is 650 g/mol. The molecule has 0 spiro atoms. The van der Waals surface area contributed by atoms with Gasteiger partial charge in [-0.15, -0.1) is 0 Å². The first-order valence-electron chi connectivity index (χ1n) is 18.4. The molecule has 9 nitrogen and oxygen atoms in total. The van der Waals surface area contributed by atoms with Gasteiger partial charge >= 0.3 is 0 Å². The first kappa shape index (κ1) is 56.4. The first-order chi connectivity index (χ1) is 21.5. The largest absolute Gasteiger partial charge is 0.330 e. The Bertz CT molecular complexity index is 472. The second kappa shape index (κ2) is 55.5. The lowest BCUT2D eigenvalue weighted by atomic mass is 10.2. The van der Waals surface area contributed by atoms with Gasteiger partial charge in [0, 0.05) is 45.4 Å². The van der Waals surface area contributed by atoms with Gasteiger partial charge in [0.25, 0.3) is 0 Å². The smallest absolute Gasteiger partial charge is 0.135 e. The molecule has 0 saturated carbocycles. The van der Waals surface area contributed by atoms with Crippen molar-refractivity contribution in [1.29, 1.82) is 0 Å². The topological polar surface area (TPSA) is 148 Å². The molecule has 0 amide bonds. The first-order valence-corrected chi connectivity index (χ1v) is 18.4. The van der Waals surface area contributed by atoms with Gasteiger partial charge in [0.05, 0.1) is 0 Å². The van der Waals surface area contributed by atoms with Crippen molar-refractivity contribution in [2.24, 2.45) is 22.9 Å². The molecular weight excluding hydrogens is 562 g/mol. The van der Waals surface area contributed by atoms with Crippen LogP contribution >= 0.6 is 0 Å². The predicted octanol–water partition coefficient (Wildman–Crippen LogP) is 6.26. The highest BCUT2D eigenvalue weighted by Crippen LogP contribution is 2.02. The van der Waals surface area contributed by atoms with Gasteiger partial charge in [-0.2, -0.15) is 0 Å². The van der Waals surface area contributed by atoms with Crippen LogP contribution < -0.4 is 22.9 Å². The Morgan fingerprint density at radius 2 is 0.844 bits per heavy atom. The summed E-state index contributed by atoms with van der Waals surface area (Å²) < 4.78 is 0. The van der Waals surface area contributed by atoms with E-state index in [0.29, 0.717) is 58.5 Å². The summed E-state index contributed by atoms with van der Waals surface area (Å²) in [4.78, 5) is 28.9. The number of hydrogen-bond donors (Lipinski definition) is 4. The van der Waals surface area contributed by atoms with Crippen LogP contribution in [0.2, 0.25) is 0 Å². The molecule has 0 bridgehead atoms. The van der Waals surface area contributed by atoms with Crippen LogP contribution in [0.4, 0.5) is 0 Å². The van der Waals surface area contributed by atoms with E-state index in [9.17, 15) is 9.59 Å². The summed E-state index contributed by atoms with van der Waals surface area (Å²) in [6.45, 7) is 24.2. The zero-order valence-electron chi connectivity index (χ0n) is 32.7. The highest BCUT2D eigenvalue weighted by atomic mass is 16.1. The number of nitrogens with zero attached hydrogens (tertiary/aromatic N) is 3. The fraction of sp³-hybridized carbons (Fsp3) is 0.944. The fourth-order valence-electron chi connectivity index (χ4n) is 3.07. The molecule has 0 aromatic rings. The number of ketones is 2. The average Bonchev–Trinajstić information content (AvgIpc) is 3.05. The van der Waals surface area contributed by atoms with Crippen LogP contribution in [0.25, 0.3) is 0 Å². The SMILES string of the molecule is CC.CCC.CCCC.CCCCCCN(C)CCCCCN.CCN(C)CN.CN(CCC(=O)CCN)CCC(=O)CCN. The number of carbonyl (C=O) groups is 2. The molecule has 278 valence electrons. The van der Waals surface area contributed by atoms with Crippen molar-refractivity contribution in [2.75, 3.05) is 80.2 Å². The number of carbonyl (C=O) groups excluding carboxylic acids is 2. The fourth-order valence-corrected chi connectivity index (χ4v) is 3.07. The second-order valence-corrected chi connectivity index (χ2v) is 11.2. The molecule has 0 unspecified atom stereocenters. The molecule has 0 fully saturated rings. The highest BCUT2D eigenvalue weighted by Gasteiger charge is 2.06. The quantitative estimate of drug-likeness (QED) is 0.0743. The molecule has 0 aromatic carbocycles. The van der Waals surface area contributed by atoms with Crippen molar-refractivity contribution in [3.05, 3.63) is 0 Å². The van der Waals surface area contributed by atoms with Crippen molar-refractivity contribution in [3.8, 4) is 0 Å². The predicted molar refractivity (Wildman–Crippen MR) is 204 cm³/mol. The minimum absolute atomic E-state index is 0.183. The minimum atomic E-state index is 0.183. The van der Waals surface area contributed by atoms with Crippen LogP contribution in [0.15, 0.2) is 0 Å². The van der Waals surface area contributed by atoms with Crippen LogP contribution in [0.1, 0.15) is 145 Å². The van der Waals surface area contributed by atoms with Crippen LogP contribution in [-0.2, 0) is 9.59 Å². The van der Waals surface area contributed by atoms with E-state index < -0.39 is 0 Å². The van der Waals surface area contributed by atoms with E-state index in [0.717, 1.165) is 13.1 Å². The van der Waals surface area contributed by atoms with Gasteiger partial charge in [0.2, 0.25) is 0 Å². The minimum Gasteiger partial charge on any atom is -0.330 e. The second-order valence-electron chi connectivity index (χ2n) is 11.2. The van der Waals surface area contributed by atoms with Gasteiger partial charge < -0.3 is 32.7 Å². The Morgan fingerprint density at radius 3 is 1.11 bits per heavy atom. The van der Waals surface area contributed by atoms with Crippen molar-refractivity contribution in [1.82, 2.24) is 14.7 Å². The molecule has 0 heterocycles. The summed E-state index contributed by atoms with van der Waals surface area (Å²) in [5.74, 6) is 0.366. The maximum absolute atomic E-state index is 11.2. The molecule has 0 rings (SSSR count). The maximum Gasteiger partial charge on any atom is 0.135 e. The van der Waals surface area contributed by atoms with Gasteiger partial charge in [-0.25, -0.2) is 0 Å². The van der Waals surface area contributed by atoms with Crippen LogP contribution in [0, 0.1) is 0 Å². The maximum atomic E-state index is 11.2. The van der Waals surface area contributed by atoms with Crippen molar-refractivity contribution in [2.45, 2.75) is 145 Å². The van der Waals surface area contributed by atoms with Crippen molar-refractivity contribution in [3.63, 3.8) is 0 Å². The lowest BCUT2D eigenvalue weighted by Gasteiger charge is -2.15. The van der Waals surface area contributed by atoms with Gasteiger partial charge in [-0.3, -0.25) is 14.5 Å². The summed E-state index contributed by atoms with van der Waals surface area (Å²) in [6.07, 6.45) is 15.1. The highest BCUT2D eigenvalue weighted by molar-refractivity contribution is 5.79. The summed E-state index contributed by atoms with van der Waals surface area (Å²) in [5.41, 5.74) is 21.2. The van der Waals surface area contributed by atoms with E-state index in [-0.39, 0.29) is 11.6 Å². The van der Waals surface area contributed by atoms with E-state index in [1.807, 2.05) is 37.7 Å². The molecule has 0 aliphatic carbocycles. The standard InChI is InChI=1S/C12H28N2.C11H23N3O2.C4H12N2.C4H10.C3H8.C2H6/c1-3-4-5-8-11-14(2)12-9-6-7-10-13;1-14(8-4-10(15)2-6-12)9-5-11(16)3-7-13;1-3-6(2)4-5;1-3-4-2;1-3-2;1-2/h3-13H2,1-2H3;2-9,12-13H2,1H3;3-5H2,1-2H3;3-4H2,1-2H3;3H2,1-2H3;1-2H3. The average molecular weight is 650 g/mol. The summed E-state index contributed by atoms with van der Waals surface area (Å²) in [5, 5.41) is 0. The normalized spacial score (nSPS) is 9.82. The van der Waals surface area contributed by atoms with E-state index >= 15 is 0 Å². The van der Waals surface area contributed by atoms with Crippen LogP contribution in [0.5, 0.6) is 0 Å². The Kier molecular flexibility index (Phi) is 69.5. The van der Waals surface area contributed by atoms with Crippen LogP contribution in [0.3, 0.4) is 0 Å². The number of Topliss-reactive ketones (excluding diaryl/α,β-unsaturated/α-hetero) is 2. The molecule has 8 N–H and O–H groups in total. The van der Waals surface area contributed by atoms with E-state index in [1.165, 1.54) is 77.3 Å². The number of hydrogen-bond acceptors (Lipinski definition) is 9. The van der Waals surface area contributed by atoms with E-state index in [4.69, 9.17) is 22.9 Å². The third kappa shape index (κ3) is 70.6. The zero-order valence-corrected chi connectivity index (χ0v) is 32.7. The Balaban J connectivity index is -0.000000118. The molecule has 0 atom stereocenters. The molecular formula is C36H87N7O2. The molecule has 0 aliphatic heterocycles. The Hall–Kier alpha value is -0.940. The number of nitrogens with two attached hydrogens (primary N) is 4. The zero-order chi connectivity index (χ0) is 36.2. The van der Waals surface area contributed by atoms with E-state index in [1.54, 1.807) is 0 Å². The summed E-state index contributed by atoms with van der Waals surface area (Å²) >= 11 is 0. The van der Waals surface area contributed by atoms with Crippen LogP contribution in [-0.4, -0.2) is 106 Å². The third-order valence-corrected chi connectivity index (χ3v) is 6.38. The summed E-state index contributed by atoms with van der Waals surface area (Å²) in [7, 11) is 6.12. The van der Waals surface area contributed by atoms with Crippen molar-refractivity contribution >= 4 is 11.6 Å². The number of rotatable bonds is 23. The van der Waals surface area contributed by atoms with Gasteiger partial charge in [0.1, 0.15) is 11.6 Å². The number of unbranched alkanes of at least 4 members (excludes halogenated alkanes) is 6. The van der Waals surface area contributed by atoms with Gasteiger partial charge in [-0.1, -0.05) is 100 Å². The van der Waals surface area contributed by atoms with E-state index in [2.05, 4.69) is 53.5 Å². The summed E-state index contributed by atoms with van der Waals surface area (Å²) in [6, 6.07) is 0. The van der Waals surface area contributed by atoms with Gasteiger partial charge in [-0.05, 0) is 79.7 Å². The van der Waals surface area contributed by atoms with Gasteiger partial charge in [0.15, 0.2) is 0 Å². The third-order valence-electron chi connectivity index (χ3n) is 6.38. The molecule has 9 heteroatoms. The molecule has 45 heavy (non-hydrogen) atoms. The molecule has 0 saturated heterocycles. The molecule has 0 aromatic heterocycles.